The topological polar surface area (TPSA) is 193 Å². The van der Waals surface area contributed by atoms with Crippen molar-refractivity contribution in [3.8, 4) is 0 Å². The first-order chi connectivity index (χ1) is 14.3. The molecule has 0 atom stereocenters. The molecular weight excluding hydrogens is 612 g/mol. The van der Waals surface area contributed by atoms with E-state index < -0.39 is 14.5 Å². The summed E-state index contributed by atoms with van der Waals surface area (Å²) >= 11 is 0. The molecule has 0 saturated carbocycles. The third-order valence-corrected chi connectivity index (χ3v) is 1.65. The summed E-state index contributed by atoms with van der Waals surface area (Å²) in [6.07, 6.45) is 4.00. The van der Waals surface area contributed by atoms with E-state index in [0.29, 0.717) is 22.8 Å². The first-order valence-electron chi connectivity index (χ1n) is 8.25. The quantitative estimate of drug-likeness (QED) is 0.0839. The van der Waals surface area contributed by atoms with Gasteiger partial charge in [0.05, 0.1) is 0 Å². The van der Waals surface area contributed by atoms with Crippen LogP contribution in [0.2, 0.25) is 0 Å². The molecule has 0 rings (SSSR count). The third kappa shape index (κ3) is 154. The first-order valence-corrected chi connectivity index (χ1v) is 8.25. The Bertz CT molecular complexity index is 456. The maximum Gasteiger partial charge on any atom is 2.00 e. The Labute approximate surface area is 226 Å². The molecule has 2 radical (unpaired) electrons. The van der Waals surface area contributed by atoms with Crippen LogP contribution in [0.15, 0.2) is 20.6 Å². The van der Waals surface area contributed by atoms with Gasteiger partial charge in [-0.15, -0.1) is 0 Å². The monoisotopic (exact) mass is 646 g/mol. The van der Waals surface area contributed by atoms with Crippen LogP contribution in [-0.4, -0.2) is 69.1 Å². The van der Waals surface area contributed by atoms with Crippen molar-refractivity contribution in [2.75, 3.05) is 0 Å². The van der Waals surface area contributed by atoms with Crippen molar-refractivity contribution < 1.29 is 99.9 Å². The fraction of sp³-hybridized carbons (Fsp3) is 0.571. The summed E-state index contributed by atoms with van der Waals surface area (Å²) in [4.78, 5) is 0. The van der Waals surface area contributed by atoms with Crippen LogP contribution in [0.25, 0.3) is 0 Å². The van der Waals surface area contributed by atoms with Crippen molar-refractivity contribution in [3.05, 3.63) is 12.8 Å². The molecule has 0 aliphatic rings. The van der Waals surface area contributed by atoms with Crippen LogP contribution in [-0.2, 0) is 33.6 Å². The molecule has 10 nitrogen and oxygen atoms in total. The molecule has 0 bridgehead atoms. The van der Waals surface area contributed by atoms with E-state index in [4.69, 9.17) is 20.8 Å². The van der Waals surface area contributed by atoms with Crippen molar-refractivity contribution >= 4 is 37.4 Å². The molecule has 0 fully saturated rings. The van der Waals surface area contributed by atoms with Crippen LogP contribution in [0.5, 0.6) is 0 Å². The van der Waals surface area contributed by atoms with Gasteiger partial charge < -0.3 is 79.1 Å². The van der Waals surface area contributed by atoms with Gasteiger partial charge in [0.2, 0.25) is 0 Å². The number of hydrogen-bond donors (Lipinski definition) is 4. The fourth-order valence-electron chi connectivity index (χ4n) is 0.289. The maximum absolute atomic E-state index is 9.75. The Morgan fingerprint density at radius 1 is 0.472 bits per heavy atom. The van der Waals surface area contributed by atoms with E-state index in [0.717, 1.165) is 0 Å². The van der Waals surface area contributed by atoms with E-state index in [-0.39, 0.29) is 44.5 Å². The summed E-state index contributed by atoms with van der Waals surface area (Å²) in [5.74, 6) is 0. The van der Waals surface area contributed by atoms with Gasteiger partial charge in [0.25, 0.3) is 0 Å². The van der Waals surface area contributed by atoms with Gasteiger partial charge in [-0.1, -0.05) is 20.6 Å². The summed E-state index contributed by atoms with van der Waals surface area (Å²) in [5, 5.41) is 43.3. The Kier molecular flexibility index (Phi) is 77.8. The van der Waals surface area contributed by atoms with Crippen LogP contribution in [0.1, 0.15) is 55.4 Å². The number of oxime groups is 4. The number of nitrogens with zero attached hydrogens (tertiary/aromatic N) is 4. The predicted molar refractivity (Wildman–Crippen MR) is 118 cm³/mol. The molecule has 0 saturated heterocycles. The molecule has 0 aromatic carbocycles. The van der Waals surface area contributed by atoms with Gasteiger partial charge >= 0.3 is 48.1 Å². The third-order valence-electron chi connectivity index (χ3n) is 1.65. The van der Waals surface area contributed by atoms with Crippen molar-refractivity contribution in [2.45, 2.75) is 55.4 Å². The molecule has 8 N–H and O–H groups in total. The molecule has 22 heteroatoms. The van der Waals surface area contributed by atoms with Crippen LogP contribution in [0.3, 0.4) is 0 Å². The zero-order valence-corrected chi connectivity index (χ0v) is 22.7. The van der Waals surface area contributed by atoms with Crippen molar-refractivity contribution in [3.63, 3.8) is 0 Å². The van der Waals surface area contributed by atoms with Crippen LogP contribution in [0.4, 0.5) is 34.5 Å². The van der Waals surface area contributed by atoms with E-state index in [1.165, 1.54) is 27.7 Å². The summed E-state index contributed by atoms with van der Waals surface area (Å²) < 4.78 is 78.0. The number of halogens is 8. The normalized spacial score (nSPS) is 10.7. The standard InChI is InChI=1S/2C4H8N2O2.2C3H7.2BF4.2Co.2H2O/c2*1-3(5-7)4(2)6-8;2*1-3-2;2*2-1(3,4)5;;;;/h2*7-8H,1-2H3;2*3H,1-2H3;;;;;2*1H2/q;;4*-1;2*+2;;/b2*5-3+,6-4+;;;;;;;;. The zero-order valence-electron chi connectivity index (χ0n) is 20.6. The van der Waals surface area contributed by atoms with Crippen LogP contribution >= 0.6 is 0 Å². The average molecular weight is 646 g/mol. The first kappa shape index (κ1) is 64.4. The van der Waals surface area contributed by atoms with E-state index >= 15 is 0 Å². The molecule has 0 heterocycles. The maximum atomic E-state index is 9.75. The van der Waals surface area contributed by atoms with Gasteiger partial charge in [-0.25, -0.2) is 0 Å². The van der Waals surface area contributed by atoms with E-state index in [1.54, 1.807) is 0 Å². The van der Waals surface area contributed by atoms with Gasteiger partial charge in [0, 0.05) is 0 Å². The average Bonchev–Trinajstić information content (AvgIpc) is 2.64. The van der Waals surface area contributed by atoms with E-state index in [9.17, 15) is 34.5 Å². The fourth-order valence-corrected chi connectivity index (χ4v) is 0.289. The summed E-state index contributed by atoms with van der Waals surface area (Å²) in [6, 6.07) is 0. The molecule has 0 aliphatic carbocycles. The minimum atomic E-state index is -6.00. The summed E-state index contributed by atoms with van der Waals surface area (Å²) in [6.45, 7) is 14.1. The van der Waals surface area contributed by atoms with Crippen molar-refractivity contribution in [1.82, 2.24) is 0 Å². The Morgan fingerprint density at radius 3 is 0.556 bits per heavy atom. The second-order valence-electron chi connectivity index (χ2n) is 4.89. The minimum absolute atomic E-state index is 0. The van der Waals surface area contributed by atoms with Crippen molar-refractivity contribution in [1.29, 1.82) is 0 Å². The van der Waals surface area contributed by atoms with Crippen molar-refractivity contribution in [2.24, 2.45) is 20.6 Å². The molecule has 0 aromatic heterocycles. The largest absolute Gasteiger partial charge is 2.00 e. The zero-order chi connectivity index (χ0) is 27.6. The van der Waals surface area contributed by atoms with Gasteiger partial charge in [-0.2, -0.15) is 27.7 Å². The van der Waals surface area contributed by atoms with E-state index in [2.05, 4.69) is 20.6 Å². The molecule has 0 spiro atoms. The SMILES string of the molecule is CC(=N\O)/C(C)=N/O.CC(=N\O)/C(C)=N/O.C[CH-]C.C[CH-]C.F[B-](F)(F)F.F[B-](F)(F)F.O.O.[Co+2].[Co+2]. The molecule has 0 aliphatic heterocycles. The number of rotatable bonds is 2. The second-order valence-corrected chi connectivity index (χ2v) is 4.89. The Morgan fingerprint density at radius 2 is 0.528 bits per heavy atom. The van der Waals surface area contributed by atoms with Crippen LogP contribution in [0, 0.1) is 12.8 Å². The second kappa shape index (κ2) is 43.5. The van der Waals surface area contributed by atoms with Gasteiger partial charge in [0.1, 0.15) is 22.8 Å². The molecule has 226 valence electrons. The Balaban J connectivity index is -0.0000000286. The predicted octanol–water partition coefficient (Wildman–Crippen LogP) is 4.78. The molecule has 0 amide bonds. The van der Waals surface area contributed by atoms with Gasteiger partial charge in [0.15, 0.2) is 0 Å². The van der Waals surface area contributed by atoms with E-state index in [1.807, 2.05) is 40.5 Å². The molecule has 0 aromatic rings. The van der Waals surface area contributed by atoms with Gasteiger partial charge in [-0.3, -0.25) is 0 Å². The number of hydrogen-bond acceptors (Lipinski definition) is 8. The minimum Gasteiger partial charge on any atom is -0.418 e. The molecule has 36 heavy (non-hydrogen) atoms. The smallest absolute Gasteiger partial charge is 0.418 e. The Hall–Kier alpha value is -1.62. The molecule has 0 unspecified atom stereocenters. The molecular formula is C14H34B2Co2F8N4O6. The summed E-state index contributed by atoms with van der Waals surface area (Å²) in [5.41, 5.74) is 1.25. The van der Waals surface area contributed by atoms with Gasteiger partial charge in [-0.05, 0) is 27.7 Å². The van der Waals surface area contributed by atoms with Crippen LogP contribution < -0.4 is 0 Å². The summed E-state index contributed by atoms with van der Waals surface area (Å²) in [7, 11) is -12.0.